The maximum Gasteiger partial charge on any atom is 0.344 e. The largest absolute Gasteiger partial charge is 0.482 e. The molecule has 0 unspecified atom stereocenters. The molecular weight excluding hydrogens is 404 g/mol. The van der Waals surface area contributed by atoms with E-state index in [0.29, 0.717) is 11.4 Å². The van der Waals surface area contributed by atoms with Gasteiger partial charge in [0.15, 0.2) is 13.2 Å². The lowest BCUT2D eigenvalue weighted by molar-refractivity contribution is -0.150. The summed E-state index contributed by atoms with van der Waals surface area (Å²) in [5, 5.41) is 4.41. The van der Waals surface area contributed by atoms with Crippen LogP contribution in [0.4, 0.5) is 5.69 Å². The molecule has 0 atom stereocenters. The standard InChI is InChI=1S/C18H20N2O6S2/c1-20(28(23,24)18-3-2-10-27-18)14-6-8-15(9-7-14)25-12-17(22)26-11-16(21)19-13-4-5-13/h2-3,6-10,13H,4-5,11-12H2,1H3,(H,19,21). The Balaban J connectivity index is 1.48. The summed E-state index contributed by atoms with van der Waals surface area (Å²) in [6.07, 6.45) is 1.92. The third-order valence-corrected chi connectivity index (χ3v) is 7.13. The van der Waals surface area contributed by atoms with Crippen molar-refractivity contribution in [3.63, 3.8) is 0 Å². The number of amides is 1. The summed E-state index contributed by atoms with van der Waals surface area (Å²) < 4.78 is 36.6. The molecule has 1 N–H and O–H groups in total. The molecule has 1 aromatic heterocycles. The smallest absolute Gasteiger partial charge is 0.344 e. The molecule has 0 aliphatic heterocycles. The second-order valence-electron chi connectivity index (χ2n) is 6.19. The zero-order valence-corrected chi connectivity index (χ0v) is 16.8. The van der Waals surface area contributed by atoms with Crippen LogP contribution < -0.4 is 14.4 Å². The number of sulfonamides is 1. The number of nitrogens with one attached hydrogen (secondary N) is 1. The lowest BCUT2D eigenvalue weighted by Gasteiger charge is -2.18. The van der Waals surface area contributed by atoms with Crippen molar-refractivity contribution in [2.75, 3.05) is 24.6 Å². The summed E-state index contributed by atoms with van der Waals surface area (Å²) in [5.74, 6) is -0.604. The quantitative estimate of drug-likeness (QED) is 0.616. The fourth-order valence-corrected chi connectivity index (χ4v) is 4.62. The van der Waals surface area contributed by atoms with E-state index in [0.717, 1.165) is 24.2 Å². The van der Waals surface area contributed by atoms with Gasteiger partial charge in [-0.25, -0.2) is 13.2 Å². The monoisotopic (exact) mass is 424 g/mol. The number of esters is 1. The number of benzene rings is 1. The molecule has 28 heavy (non-hydrogen) atoms. The number of carbonyl (C=O) groups excluding carboxylic acids is 2. The number of carbonyl (C=O) groups is 2. The van der Waals surface area contributed by atoms with E-state index in [2.05, 4.69) is 5.32 Å². The molecule has 1 saturated carbocycles. The molecule has 0 saturated heterocycles. The summed E-state index contributed by atoms with van der Waals surface area (Å²) in [6, 6.07) is 9.71. The van der Waals surface area contributed by atoms with Crippen LogP contribution in [-0.4, -0.2) is 46.6 Å². The third kappa shape index (κ3) is 5.23. The minimum Gasteiger partial charge on any atom is -0.482 e. The second-order valence-corrected chi connectivity index (χ2v) is 9.33. The average molecular weight is 425 g/mol. The van der Waals surface area contributed by atoms with Gasteiger partial charge in [0, 0.05) is 13.1 Å². The van der Waals surface area contributed by atoms with E-state index < -0.39 is 16.0 Å². The van der Waals surface area contributed by atoms with Crippen LogP contribution in [0.15, 0.2) is 46.0 Å². The first-order valence-electron chi connectivity index (χ1n) is 8.56. The fourth-order valence-electron chi connectivity index (χ4n) is 2.26. The van der Waals surface area contributed by atoms with Gasteiger partial charge in [-0.05, 0) is 48.6 Å². The molecule has 0 radical (unpaired) electrons. The summed E-state index contributed by atoms with van der Waals surface area (Å²) in [5.41, 5.74) is 0.458. The lowest BCUT2D eigenvalue weighted by Crippen LogP contribution is -2.31. The van der Waals surface area contributed by atoms with E-state index in [1.807, 2.05) is 0 Å². The van der Waals surface area contributed by atoms with E-state index in [9.17, 15) is 18.0 Å². The van der Waals surface area contributed by atoms with Gasteiger partial charge in [0.2, 0.25) is 0 Å². The maximum atomic E-state index is 12.5. The van der Waals surface area contributed by atoms with Crippen LogP contribution in [0.25, 0.3) is 0 Å². The van der Waals surface area contributed by atoms with Crippen LogP contribution in [0.2, 0.25) is 0 Å². The van der Waals surface area contributed by atoms with Crippen molar-refractivity contribution in [3.05, 3.63) is 41.8 Å². The maximum absolute atomic E-state index is 12.5. The molecule has 0 spiro atoms. The highest BCUT2D eigenvalue weighted by Crippen LogP contribution is 2.26. The van der Waals surface area contributed by atoms with E-state index >= 15 is 0 Å². The fraction of sp³-hybridized carbons (Fsp3) is 0.333. The third-order valence-electron chi connectivity index (χ3n) is 3.97. The van der Waals surface area contributed by atoms with E-state index in [4.69, 9.17) is 9.47 Å². The Morgan fingerprint density at radius 1 is 1.18 bits per heavy atom. The van der Waals surface area contributed by atoms with Crippen molar-refractivity contribution in [3.8, 4) is 5.75 Å². The number of nitrogens with zero attached hydrogens (tertiary/aromatic N) is 1. The molecule has 1 heterocycles. The van der Waals surface area contributed by atoms with Gasteiger partial charge in [0.25, 0.3) is 15.9 Å². The predicted octanol–water partition coefficient (Wildman–Crippen LogP) is 1.77. The Morgan fingerprint density at radius 2 is 1.89 bits per heavy atom. The Labute approximate surface area is 167 Å². The Kier molecular flexibility index (Phi) is 6.20. The van der Waals surface area contributed by atoms with E-state index in [1.54, 1.807) is 41.8 Å². The normalized spacial score (nSPS) is 13.6. The topological polar surface area (TPSA) is 102 Å². The van der Waals surface area contributed by atoms with Gasteiger partial charge in [-0.15, -0.1) is 11.3 Å². The predicted molar refractivity (Wildman–Crippen MR) is 104 cm³/mol. The first-order chi connectivity index (χ1) is 13.4. The molecular formula is C18H20N2O6S2. The lowest BCUT2D eigenvalue weighted by atomic mass is 10.3. The molecule has 1 aromatic carbocycles. The molecule has 0 bridgehead atoms. The van der Waals surface area contributed by atoms with Gasteiger partial charge in [-0.3, -0.25) is 9.10 Å². The average Bonchev–Trinajstić information content (AvgIpc) is 3.31. The molecule has 1 aliphatic carbocycles. The van der Waals surface area contributed by atoms with E-state index in [1.165, 1.54) is 11.4 Å². The molecule has 10 heteroatoms. The minimum absolute atomic E-state index is 0.211. The Bertz CT molecular complexity index is 921. The van der Waals surface area contributed by atoms with Gasteiger partial charge in [0.1, 0.15) is 9.96 Å². The number of rotatable bonds is 9. The molecule has 1 fully saturated rings. The van der Waals surface area contributed by atoms with Crippen LogP contribution in [0, 0.1) is 0 Å². The SMILES string of the molecule is CN(c1ccc(OCC(=O)OCC(=O)NC2CC2)cc1)S(=O)(=O)c1cccs1. The Hall–Kier alpha value is -2.59. The summed E-state index contributed by atoms with van der Waals surface area (Å²) in [6.45, 7) is -0.678. The van der Waals surface area contributed by atoms with Crippen LogP contribution in [-0.2, 0) is 24.3 Å². The zero-order chi connectivity index (χ0) is 20.1. The van der Waals surface area contributed by atoms with Gasteiger partial charge >= 0.3 is 5.97 Å². The van der Waals surface area contributed by atoms with Gasteiger partial charge in [-0.2, -0.15) is 0 Å². The number of thiophene rings is 1. The highest BCUT2D eigenvalue weighted by molar-refractivity contribution is 7.94. The van der Waals surface area contributed by atoms with Crippen LogP contribution in [0.5, 0.6) is 5.75 Å². The molecule has 1 aliphatic rings. The van der Waals surface area contributed by atoms with Crippen LogP contribution in [0.1, 0.15) is 12.8 Å². The van der Waals surface area contributed by atoms with Crippen molar-refractivity contribution < 1.29 is 27.5 Å². The minimum atomic E-state index is -3.61. The highest BCUT2D eigenvalue weighted by atomic mass is 32.2. The first kappa shape index (κ1) is 20.2. The van der Waals surface area contributed by atoms with Crippen molar-refractivity contribution in [1.29, 1.82) is 0 Å². The molecule has 1 amide bonds. The summed E-state index contributed by atoms with van der Waals surface area (Å²) >= 11 is 1.15. The number of hydrogen-bond acceptors (Lipinski definition) is 7. The summed E-state index contributed by atoms with van der Waals surface area (Å²) in [7, 11) is -2.14. The second kappa shape index (κ2) is 8.61. The van der Waals surface area contributed by atoms with Crippen LogP contribution >= 0.6 is 11.3 Å². The van der Waals surface area contributed by atoms with E-state index in [-0.39, 0.29) is 29.4 Å². The van der Waals surface area contributed by atoms with Crippen molar-refractivity contribution >= 4 is 38.9 Å². The van der Waals surface area contributed by atoms with Gasteiger partial charge < -0.3 is 14.8 Å². The zero-order valence-electron chi connectivity index (χ0n) is 15.2. The highest BCUT2D eigenvalue weighted by Gasteiger charge is 2.24. The van der Waals surface area contributed by atoms with Gasteiger partial charge in [0.05, 0.1) is 5.69 Å². The summed E-state index contributed by atoms with van der Waals surface area (Å²) in [4.78, 5) is 23.1. The molecule has 8 nitrogen and oxygen atoms in total. The molecule has 150 valence electrons. The molecule has 2 aromatic rings. The Morgan fingerprint density at radius 3 is 2.50 bits per heavy atom. The van der Waals surface area contributed by atoms with Crippen molar-refractivity contribution in [2.24, 2.45) is 0 Å². The van der Waals surface area contributed by atoms with Gasteiger partial charge in [-0.1, -0.05) is 6.07 Å². The number of anilines is 1. The van der Waals surface area contributed by atoms with Crippen molar-refractivity contribution in [2.45, 2.75) is 23.1 Å². The number of ether oxygens (including phenoxy) is 2. The number of hydrogen-bond donors (Lipinski definition) is 1. The van der Waals surface area contributed by atoms with Crippen molar-refractivity contribution in [1.82, 2.24) is 5.32 Å². The first-order valence-corrected chi connectivity index (χ1v) is 10.9. The van der Waals surface area contributed by atoms with Crippen LogP contribution in [0.3, 0.4) is 0 Å². The molecule has 3 rings (SSSR count).